The Labute approximate surface area is 595 Å². The number of benzene rings is 15. The van der Waals surface area contributed by atoms with Gasteiger partial charge < -0.3 is 9.13 Å². The minimum atomic E-state index is 0.0457. The molecule has 0 bridgehead atoms. The number of hydrogen-bond donors (Lipinski definition) is 0. The summed E-state index contributed by atoms with van der Waals surface area (Å²) in [6.45, 7) is 0. The minimum absolute atomic E-state index is 0.0457. The van der Waals surface area contributed by atoms with Crippen LogP contribution >= 0.6 is 0 Å². The molecule has 2 heteroatoms. The number of aromatic nitrogens is 2. The van der Waals surface area contributed by atoms with Gasteiger partial charge in [-0.3, -0.25) is 0 Å². The van der Waals surface area contributed by atoms with Crippen molar-refractivity contribution in [3.05, 3.63) is 360 Å². The van der Waals surface area contributed by atoms with Crippen molar-refractivity contribution in [2.75, 3.05) is 0 Å². The standard InChI is InChI=1S/C100H72N2/c1-3-19-79-73(15-1)17-13-25-93(79)101-95-23-7-5-21-83(95)87-59-75(49-53-97(87)101)69-39-31-65(32-40-69)27-29-67-35-43-71(44-36-67)77-47-51-81-85-63-92-86(64-91(85)99(89(81)61-77)55-9-10-56-99)82-52-48-78(62-90(82)100(92)57-11-12-58-100)72-45-37-68(38-46-72)30-28-66-33-41-70(42-34-66)76-50-54-98-88(60-76)84-22-6-8-24-96(84)102(98)94-26-14-18-74-16-2-4-20-80(74)94/h1-8,13-54,59-64H,9-12,55-58H2/b29-27+,30-28+. The molecule has 0 unspecified atom stereocenters. The van der Waals surface area contributed by atoms with Crippen LogP contribution in [0.15, 0.2) is 315 Å². The molecule has 2 saturated carbocycles. The van der Waals surface area contributed by atoms with Crippen molar-refractivity contribution in [1.82, 2.24) is 9.13 Å². The predicted molar refractivity (Wildman–Crippen MR) is 432 cm³/mol. The Balaban J connectivity index is 0.512. The third-order valence-corrected chi connectivity index (χ3v) is 24.0. The monoisotopic (exact) mass is 1300 g/mol. The summed E-state index contributed by atoms with van der Waals surface area (Å²) in [5.74, 6) is 0. The highest BCUT2D eigenvalue weighted by molar-refractivity contribution is 6.13. The summed E-state index contributed by atoms with van der Waals surface area (Å²) in [7, 11) is 0. The van der Waals surface area contributed by atoms with Crippen LogP contribution < -0.4 is 0 Å². The fraction of sp³-hybridized carbons (Fsp3) is 0.100. The lowest BCUT2D eigenvalue weighted by Gasteiger charge is -2.29. The Morgan fingerprint density at radius 1 is 0.216 bits per heavy atom. The van der Waals surface area contributed by atoms with Crippen LogP contribution in [-0.2, 0) is 10.8 Å². The lowest BCUT2D eigenvalue weighted by Crippen LogP contribution is -2.22. The van der Waals surface area contributed by atoms with Crippen LogP contribution in [0.1, 0.15) is 95.9 Å². The Bertz CT molecular complexity index is 5930. The first kappa shape index (κ1) is 58.8. The van der Waals surface area contributed by atoms with E-state index in [2.05, 4.69) is 349 Å². The molecule has 2 spiro atoms. The van der Waals surface area contributed by atoms with Crippen molar-refractivity contribution >= 4 is 89.5 Å². The molecule has 0 aliphatic heterocycles. The van der Waals surface area contributed by atoms with E-state index in [-0.39, 0.29) is 10.8 Å². The number of rotatable bonds is 10. The van der Waals surface area contributed by atoms with Crippen molar-refractivity contribution < 1.29 is 0 Å². The highest BCUT2D eigenvalue weighted by Gasteiger charge is 2.50. The summed E-state index contributed by atoms with van der Waals surface area (Å²) >= 11 is 0. The van der Waals surface area contributed by atoms with Gasteiger partial charge in [0.1, 0.15) is 0 Å². The molecule has 15 aromatic carbocycles. The van der Waals surface area contributed by atoms with Gasteiger partial charge in [-0.2, -0.15) is 0 Å². The molecule has 482 valence electrons. The van der Waals surface area contributed by atoms with Gasteiger partial charge in [-0.1, -0.05) is 293 Å². The number of nitrogens with zero attached hydrogens (tertiary/aromatic N) is 2. The van der Waals surface area contributed by atoms with E-state index in [9.17, 15) is 0 Å². The van der Waals surface area contributed by atoms with Crippen LogP contribution in [0.25, 0.3) is 168 Å². The highest BCUT2D eigenvalue weighted by Crippen LogP contribution is 2.64. The second-order valence-corrected chi connectivity index (χ2v) is 29.4. The topological polar surface area (TPSA) is 9.86 Å². The molecule has 0 amide bonds. The predicted octanol–water partition coefficient (Wildman–Crippen LogP) is 26.9. The third-order valence-electron chi connectivity index (χ3n) is 24.0. The molecule has 4 aliphatic carbocycles. The zero-order chi connectivity index (χ0) is 67.0. The summed E-state index contributed by atoms with van der Waals surface area (Å²) in [4.78, 5) is 0. The SMILES string of the molecule is C(=C\c1ccc(-c2ccc3c(c2)c2ccccc2n3-c2cccc3ccccc23)cc1)/c1ccc(-c2ccc3c(c2)C2(CCCC2)c2cc4c(cc2-3)C2(CCCC2)c2cc(-c3ccc(/C=C/c5ccc(-c6ccc7c(c6)c6ccccc6n7-c6cccc7ccccc67)cc5)cc3)ccc2-4)cc1. The Hall–Kier alpha value is -12.1. The van der Waals surface area contributed by atoms with Crippen molar-refractivity contribution in [3.63, 3.8) is 0 Å². The normalized spacial score (nSPS) is 14.8. The first-order valence-corrected chi connectivity index (χ1v) is 36.8. The highest BCUT2D eigenvalue weighted by atomic mass is 15.0. The maximum absolute atomic E-state index is 2.70. The molecule has 2 heterocycles. The van der Waals surface area contributed by atoms with Gasteiger partial charge in [0.25, 0.3) is 0 Å². The van der Waals surface area contributed by atoms with Gasteiger partial charge >= 0.3 is 0 Å². The molecule has 0 radical (unpaired) electrons. The summed E-state index contributed by atoms with van der Waals surface area (Å²) in [5, 5.41) is 10.1. The van der Waals surface area contributed by atoms with Crippen LogP contribution in [-0.4, -0.2) is 9.13 Å². The molecule has 0 N–H and O–H groups in total. The van der Waals surface area contributed by atoms with E-state index < -0.39 is 0 Å². The fourth-order valence-electron chi connectivity index (χ4n) is 19.0. The van der Waals surface area contributed by atoms with Crippen LogP contribution in [0.5, 0.6) is 0 Å². The van der Waals surface area contributed by atoms with E-state index in [1.807, 2.05) is 0 Å². The van der Waals surface area contributed by atoms with Gasteiger partial charge in [-0.15, -0.1) is 0 Å². The maximum Gasteiger partial charge on any atom is 0.0541 e. The van der Waals surface area contributed by atoms with Crippen molar-refractivity contribution in [2.45, 2.75) is 62.2 Å². The van der Waals surface area contributed by atoms with Crippen LogP contribution in [0, 0.1) is 0 Å². The zero-order valence-corrected chi connectivity index (χ0v) is 56.9. The molecular weight excluding hydrogens is 1230 g/mol. The molecule has 0 saturated heterocycles. The molecular formula is C100H72N2. The lowest BCUT2D eigenvalue weighted by molar-refractivity contribution is 0.544. The zero-order valence-electron chi connectivity index (χ0n) is 56.9. The Morgan fingerprint density at radius 3 is 0.892 bits per heavy atom. The maximum atomic E-state index is 2.70. The molecule has 0 atom stereocenters. The van der Waals surface area contributed by atoms with Crippen LogP contribution in [0.3, 0.4) is 0 Å². The fourth-order valence-corrected chi connectivity index (χ4v) is 19.0. The molecule has 2 fully saturated rings. The average molecular weight is 1300 g/mol. The number of para-hydroxylation sites is 2. The molecule has 102 heavy (non-hydrogen) atoms. The lowest BCUT2D eigenvalue weighted by atomic mass is 9.74. The summed E-state index contributed by atoms with van der Waals surface area (Å²) < 4.78 is 4.87. The van der Waals surface area contributed by atoms with E-state index in [0.29, 0.717) is 0 Å². The first-order chi connectivity index (χ1) is 50.5. The summed E-state index contributed by atoms with van der Waals surface area (Å²) in [6.07, 6.45) is 18.9. The Morgan fingerprint density at radius 2 is 0.510 bits per heavy atom. The van der Waals surface area contributed by atoms with Crippen molar-refractivity contribution in [3.8, 4) is 78.1 Å². The first-order valence-electron chi connectivity index (χ1n) is 36.8. The number of hydrogen-bond acceptors (Lipinski definition) is 0. The van der Waals surface area contributed by atoms with E-state index >= 15 is 0 Å². The van der Waals surface area contributed by atoms with E-state index in [1.165, 1.54) is 217 Å². The third kappa shape index (κ3) is 9.25. The minimum Gasteiger partial charge on any atom is -0.309 e. The van der Waals surface area contributed by atoms with Gasteiger partial charge in [0.15, 0.2) is 0 Å². The Kier molecular flexibility index (Phi) is 13.4. The molecule has 17 aromatic rings. The van der Waals surface area contributed by atoms with Gasteiger partial charge in [0.2, 0.25) is 0 Å². The van der Waals surface area contributed by atoms with Crippen LogP contribution in [0.2, 0.25) is 0 Å². The van der Waals surface area contributed by atoms with Gasteiger partial charge in [0.05, 0.1) is 33.4 Å². The summed E-state index contributed by atoms with van der Waals surface area (Å²) in [5.41, 5.74) is 34.3. The second-order valence-electron chi connectivity index (χ2n) is 29.4. The number of fused-ring (bicyclic) bond motifs is 18. The van der Waals surface area contributed by atoms with E-state index in [4.69, 9.17) is 0 Å². The van der Waals surface area contributed by atoms with Crippen molar-refractivity contribution in [2.24, 2.45) is 0 Å². The van der Waals surface area contributed by atoms with Gasteiger partial charge in [-0.05, 0) is 221 Å². The molecule has 2 nitrogen and oxygen atoms in total. The van der Waals surface area contributed by atoms with Gasteiger partial charge in [0, 0.05) is 43.1 Å². The smallest absolute Gasteiger partial charge is 0.0541 e. The molecule has 4 aliphatic rings. The summed E-state index contributed by atoms with van der Waals surface area (Å²) in [6, 6.07) is 119. The average Bonchev–Trinajstić information content (AvgIpc) is 1.52. The second kappa shape index (κ2) is 23.2. The quantitative estimate of drug-likeness (QED) is 0.121. The van der Waals surface area contributed by atoms with Crippen molar-refractivity contribution in [1.29, 1.82) is 0 Å². The van der Waals surface area contributed by atoms with E-state index in [0.717, 1.165) is 0 Å². The van der Waals surface area contributed by atoms with Gasteiger partial charge in [-0.25, -0.2) is 0 Å². The molecule has 2 aromatic heterocycles. The largest absolute Gasteiger partial charge is 0.309 e. The van der Waals surface area contributed by atoms with E-state index in [1.54, 1.807) is 22.3 Å². The molecule has 21 rings (SSSR count). The van der Waals surface area contributed by atoms with Crippen LogP contribution in [0.4, 0.5) is 0 Å².